The molecule has 122 valence electrons. The molecule has 0 N–H and O–H groups in total. The van der Waals surface area contributed by atoms with Crippen molar-refractivity contribution in [2.24, 2.45) is 0 Å². The molecule has 0 aliphatic heterocycles. The second-order valence-electron chi connectivity index (χ2n) is 4.97. The summed E-state index contributed by atoms with van der Waals surface area (Å²) >= 11 is 0. The Balaban J connectivity index is 2.02. The fourth-order valence-corrected chi connectivity index (χ4v) is 2.35. The van der Waals surface area contributed by atoms with Crippen LogP contribution in [-0.4, -0.2) is 24.9 Å². The van der Waals surface area contributed by atoms with Crippen LogP contribution in [0, 0.1) is 0 Å². The number of ether oxygens (including phenoxy) is 2. The van der Waals surface area contributed by atoms with E-state index in [1.165, 1.54) is 26.4 Å². The van der Waals surface area contributed by atoms with Gasteiger partial charge >= 0.3 is 5.97 Å². The summed E-state index contributed by atoms with van der Waals surface area (Å²) in [7, 11) is 2.96. The number of fused-ring (bicyclic) bond motifs is 1. The summed E-state index contributed by atoms with van der Waals surface area (Å²) in [4.78, 5) is 29.9. The van der Waals surface area contributed by atoms with Crippen molar-refractivity contribution >= 4 is 16.9 Å². The zero-order valence-corrected chi connectivity index (χ0v) is 13.2. The monoisotopic (exact) mass is 325 g/mol. The van der Waals surface area contributed by atoms with Gasteiger partial charge in [-0.3, -0.25) is 4.79 Å². The van der Waals surface area contributed by atoms with Gasteiger partial charge in [-0.2, -0.15) is 0 Å². The number of pyridine rings is 1. The lowest BCUT2D eigenvalue weighted by molar-refractivity contribution is 0.0462. The summed E-state index contributed by atoms with van der Waals surface area (Å²) in [6.07, 6.45) is 0. The van der Waals surface area contributed by atoms with E-state index in [1.54, 1.807) is 30.3 Å². The molecule has 0 unspecified atom stereocenters. The average molecular weight is 325 g/mol. The number of para-hydroxylation sites is 1. The molecule has 0 amide bonds. The van der Waals surface area contributed by atoms with E-state index in [9.17, 15) is 9.59 Å². The van der Waals surface area contributed by atoms with E-state index in [4.69, 9.17) is 14.3 Å². The predicted octanol–water partition coefficient (Wildman–Crippen LogP) is 2.29. The van der Waals surface area contributed by atoms with Gasteiger partial charge in [-0.1, -0.05) is 18.2 Å². The molecule has 3 rings (SSSR count). The minimum absolute atomic E-state index is 0.193. The Bertz CT molecular complexity index is 961. The SMILES string of the molecule is COc1ccc(C(=O)On2c(=O)ccc3ccccc32)c(OC)c1. The van der Waals surface area contributed by atoms with Crippen molar-refractivity contribution in [2.45, 2.75) is 0 Å². The Morgan fingerprint density at radius 1 is 0.958 bits per heavy atom. The van der Waals surface area contributed by atoms with Crippen molar-refractivity contribution < 1.29 is 19.1 Å². The molecule has 1 heterocycles. The number of hydrogen-bond acceptors (Lipinski definition) is 5. The number of methoxy groups -OCH3 is 2. The van der Waals surface area contributed by atoms with Gasteiger partial charge in [0.2, 0.25) is 0 Å². The normalized spacial score (nSPS) is 10.4. The van der Waals surface area contributed by atoms with Crippen LogP contribution < -0.4 is 19.9 Å². The summed E-state index contributed by atoms with van der Waals surface area (Å²) < 4.78 is 11.3. The number of nitrogens with zero attached hydrogens (tertiary/aromatic N) is 1. The Morgan fingerprint density at radius 2 is 1.75 bits per heavy atom. The third kappa shape index (κ3) is 2.81. The largest absolute Gasteiger partial charge is 0.497 e. The Kier molecular flexibility index (Phi) is 4.20. The van der Waals surface area contributed by atoms with Crippen LogP contribution >= 0.6 is 0 Å². The summed E-state index contributed by atoms with van der Waals surface area (Å²) in [5.41, 5.74) is 0.262. The quantitative estimate of drug-likeness (QED) is 0.736. The third-order valence-corrected chi connectivity index (χ3v) is 3.56. The second-order valence-corrected chi connectivity index (χ2v) is 4.97. The van der Waals surface area contributed by atoms with E-state index in [-0.39, 0.29) is 5.56 Å². The predicted molar refractivity (Wildman–Crippen MR) is 88.7 cm³/mol. The maximum atomic E-state index is 12.5. The molecule has 0 aliphatic carbocycles. The van der Waals surface area contributed by atoms with E-state index < -0.39 is 11.5 Å². The summed E-state index contributed by atoms with van der Waals surface area (Å²) in [6.45, 7) is 0. The standard InChI is InChI=1S/C18H15NO5/c1-22-13-8-9-14(16(11-13)23-2)18(21)24-19-15-6-4-3-5-12(15)7-10-17(19)20/h3-11H,1-2H3. The van der Waals surface area contributed by atoms with Crippen LogP contribution in [0.1, 0.15) is 10.4 Å². The van der Waals surface area contributed by atoms with E-state index >= 15 is 0 Å². The molecular formula is C18H15NO5. The topological polar surface area (TPSA) is 66.8 Å². The van der Waals surface area contributed by atoms with Gasteiger partial charge in [0, 0.05) is 17.5 Å². The number of aromatic nitrogens is 1. The molecule has 0 saturated carbocycles. The van der Waals surface area contributed by atoms with Crippen LogP contribution in [0.25, 0.3) is 10.9 Å². The fraction of sp³-hybridized carbons (Fsp3) is 0.111. The first-order valence-corrected chi connectivity index (χ1v) is 7.19. The number of benzene rings is 2. The smallest absolute Gasteiger partial charge is 0.367 e. The molecule has 0 spiro atoms. The first kappa shape index (κ1) is 15.6. The molecule has 0 fully saturated rings. The zero-order chi connectivity index (χ0) is 17.1. The maximum absolute atomic E-state index is 12.5. The van der Waals surface area contributed by atoms with Crippen molar-refractivity contribution in [3.05, 3.63) is 70.5 Å². The van der Waals surface area contributed by atoms with Crippen LogP contribution in [-0.2, 0) is 0 Å². The second kappa shape index (κ2) is 6.45. The molecule has 0 atom stereocenters. The van der Waals surface area contributed by atoms with Crippen molar-refractivity contribution in [3.63, 3.8) is 0 Å². The Labute approximate surface area is 137 Å². The molecule has 0 aliphatic rings. The van der Waals surface area contributed by atoms with Gasteiger partial charge in [-0.05, 0) is 24.3 Å². The molecule has 2 aromatic carbocycles. The number of hydrogen-bond donors (Lipinski definition) is 0. The molecule has 0 bridgehead atoms. The fourth-order valence-electron chi connectivity index (χ4n) is 2.35. The Hall–Kier alpha value is -3.28. The number of carbonyl (C=O) groups excluding carboxylic acids is 1. The first-order valence-electron chi connectivity index (χ1n) is 7.19. The van der Waals surface area contributed by atoms with Crippen molar-refractivity contribution in [1.82, 2.24) is 4.73 Å². The highest BCUT2D eigenvalue weighted by Gasteiger charge is 2.17. The molecular weight excluding hydrogens is 310 g/mol. The van der Waals surface area contributed by atoms with Crippen molar-refractivity contribution in [2.75, 3.05) is 14.2 Å². The minimum Gasteiger partial charge on any atom is -0.497 e. The van der Waals surface area contributed by atoms with Gasteiger partial charge in [-0.25, -0.2) is 4.79 Å². The van der Waals surface area contributed by atoms with Gasteiger partial charge in [-0.15, -0.1) is 4.73 Å². The van der Waals surface area contributed by atoms with E-state index in [0.717, 1.165) is 10.1 Å². The van der Waals surface area contributed by atoms with Gasteiger partial charge in [0.25, 0.3) is 5.56 Å². The molecule has 1 aromatic heterocycles. The van der Waals surface area contributed by atoms with Gasteiger partial charge in [0.15, 0.2) is 0 Å². The third-order valence-electron chi connectivity index (χ3n) is 3.56. The summed E-state index contributed by atoms with van der Waals surface area (Å²) in [5, 5.41) is 0.784. The van der Waals surface area contributed by atoms with E-state index in [1.807, 2.05) is 12.1 Å². The maximum Gasteiger partial charge on any atom is 0.367 e. The average Bonchev–Trinajstić information content (AvgIpc) is 2.63. The lowest BCUT2D eigenvalue weighted by Crippen LogP contribution is -2.30. The molecule has 6 nitrogen and oxygen atoms in total. The van der Waals surface area contributed by atoms with E-state index in [2.05, 4.69) is 0 Å². The molecule has 0 saturated heterocycles. The molecule has 24 heavy (non-hydrogen) atoms. The van der Waals surface area contributed by atoms with Gasteiger partial charge in [0.05, 0.1) is 19.7 Å². The van der Waals surface area contributed by atoms with Crippen LogP contribution in [0.5, 0.6) is 11.5 Å². The minimum atomic E-state index is -0.701. The van der Waals surface area contributed by atoms with Crippen LogP contribution in [0.3, 0.4) is 0 Å². The highest BCUT2D eigenvalue weighted by atomic mass is 16.7. The van der Waals surface area contributed by atoms with Gasteiger partial charge < -0.3 is 14.3 Å². The van der Waals surface area contributed by atoms with Crippen molar-refractivity contribution in [3.8, 4) is 11.5 Å². The van der Waals surface area contributed by atoms with Crippen LogP contribution in [0.4, 0.5) is 0 Å². The highest BCUT2D eigenvalue weighted by molar-refractivity contribution is 5.93. The zero-order valence-electron chi connectivity index (χ0n) is 13.2. The number of rotatable bonds is 4. The molecule has 0 radical (unpaired) electrons. The highest BCUT2D eigenvalue weighted by Crippen LogP contribution is 2.24. The first-order chi connectivity index (χ1) is 11.6. The van der Waals surface area contributed by atoms with Crippen LogP contribution in [0.15, 0.2) is 59.4 Å². The van der Waals surface area contributed by atoms with Gasteiger partial charge in [0.1, 0.15) is 17.1 Å². The lowest BCUT2D eigenvalue weighted by atomic mass is 10.2. The van der Waals surface area contributed by atoms with E-state index in [0.29, 0.717) is 17.0 Å². The van der Waals surface area contributed by atoms with Crippen molar-refractivity contribution in [1.29, 1.82) is 0 Å². The Morgan fingerprint density at radius 3 is 2.50 bits per heavy atom. The lowest BCUT2D eigenvalue weighted by Gasteiger charge is -2.12. The summed E-state index contributed by atoms with van der Waals surface area (Å²) in [6, 6.07) is 14.9. The van der Waals surface area contributed by atoms with Crippen LogP contribution in [0.2, 0.25) is 0 Å². The summed E-state index contributed by atoms with van der Waals surface area (Å²) in [5.74, 6) is 0.145. The molecule has 3 aromatic rings. The molecule has 6 heteroatoms. The number of carbonyl (C=O) groups is 1.